The van der Waals surface area contributed by atoms with E-state index in [-0.39, 0.29) is 0 Å². The van der Waals surface area contributed by atoms with Crippen LogP contribution in [0, 0.1) is 0 Å². The first kappa shape index (κ1) is 15.4. The summed E-state index contributed by atoms with van der Waals surface area (Å²) in [7, 11) is 0. The molecule has 112 valence electrons. The Hall–Kier alpha value is -1.02. The number of hydrogen-bond acceptors (Lipinski definition) is 2. The fourth-order valence-electron chi connectivity index (χ4n) is 2.87. The first-order valence-corrected chi connectivity index (χ1v) is 8.25. The van der Waals surface area contributed by atoms with Gasteiger partial charge >= 0.3 is 0 Å². The quantitative estimate of drug-likeness (QED) is 0.740. The van der Waals surface area contributed by atoms with E-state index in [0.717, 1.165) is 24.9 Å². The maximum atomic E-state index is 5.80. The van der Waals surface area contributed by atoms with E-state index in [1.165, 1.54) is 44.1 Å². The zero-order valence-corrected chi connectivity index (χ0v) is 13.0. The van der Waals surface area contributed by atoms with Crippen molar-refractivity contribution in [1.82, 2.24) is 5.32 Å². The van der Waals surface area contributed by atoms with Crippen LogP contribution in [0.5, 0.6) is 5.75 Å². The lowest BCUT2D eigenvalue weighted by molar-refractivity contribution is 0.289. The van der Waals surface area contributed by atoms with Gasteiger partial charge in [0.05, 0.1) is 0 Å². The summed E-state index contributed by atoms with van der Waals surface area (Å²) in [4.78, 5) is 0. The molecule has 1 N–H and O–H groups in total. The molecule has 1 atom stereocenters. The van der Waals surface area contributed by atoms with Gasteiger partial charge in [0, 0.05) is 12.6 Å². The monoisotopic (exact) mass is 275 g/mol. The molecular formula is C18H29NO. The maximum absolute atomic E-state index is 5.80. The predicted octanol–water partition coefficient (Wildman–Crippen LogP) is 4.50. The second-order valence-electron chi connectivity index (χ2n) is 6.02. The van der Waals surface area contributed by atoms with Crippen LogP contribution in [0.2, 0.25) is 0 Å². The molecule has 0 heterocycles. The van der Waals surface area contributed by atoms with Gasteiger partial charge in [-0.15, -0.1) is 0 Å². The van der Waals surface area contributed by atoms with E-state index >= 15 is 0 Å². The van der Waals surface area contributed by atoms with Gasteiger partial charge in [0.15, 0.2) is 0 Å². The Labute approximate surface area is 123 Å². The summed E-state index contributed by atoms with van der Waals surface area (Å²) in [5, 5.41) is 3.61. The highest BCUT2D eigenvalue weighted by atomic mass is 16.5. The Bertz CT molecular complexity index is 368. The summed E-state index contributed by atoms with van der Waals surface area (Å²) in [6.45, 7) is 6.22. The van der Waals surface area contributed by atoms with Crippen molar-refractivity contribution in [3.8, 4) is 5.75 Å². The SMILES string of the molecule is CCC(C)c1ccc(OCCNC2CCCCC2)cc1. The predicted molar refractivity (Wildman–Crippen MR) is 85.5 cm³/mol. The van der Waals surface area contributed by atoms with E-state index in [9.17, 15) is 0 Å². The van der Waals surface area contributed by atoms with Crippen LogP contribution in [-0.2, 0) is 0 Å². The second-order valence-corrected chi connectivity index (χ2v) is 6.02. The van der Waals surface area contributed by atoms with Crippen molar-refractivity contribution < 1.29 is 4.74 Å². The Morgan fingerprint density at radius 2 is 1.85 bits per heavy atom. The molecule has 2 rings (SSSR count). The normalized spacial score (nSPS) is 17.9. The molecule has 1 aromatic carbocycles. The summed E-state index contributed by atoms with van der Waals surface area (Å²) in [5.74, 6) is 1.62. The molecule has 2 nitrogen and oxygen atoms in total. The smallest absolute Gasteiger partial charge is 0.119 e. The van der Waals surface area contributed by atoms with Gasteiger partial charge in [0.1, 0.15) is 12.4 Å². The van der Waals surface area contributed by atoms with E-state index < -0.39 is 0 Å². The van der Waals surface area contributed by atoms with E-state index in [2.05, 4.69) is 43.4 Å². The number of hydrogen-bond donors (Lipinski definition) is 1. The van der Waals surface area contributed by atoms with Gasteiger partial charge in [-0.25, -0.2) is 0 Å². The minimum atomic E-state index is 0.636. The van der Waals surface area contributed by atoms with Crippen LogP contribution in [0.25, 0.3) is 0 Å². The van der Waals surface area contributed by atoms with Gasteiger partial charge in [-0.2, -0.15) is 0 Å². The lowest BCUT2D eigenvalue weighted by atomic mass is 9.96. The summed E-state index contributed by atoms with van der Waals surface area (Å²) < 4.78 is 5.80. The minimum absolute atomic E-state index is 0.636. The van der Waals surface area contributed by atoms with Crippen molar-refractivity contribution in [3.05, 3.63) is 29.8 Å². The van der Waals surface area contributed by atoms with E-state index in [4.69, 9.17) is 4.74 Å². The van der Waals surface area contributed by atoms with Gasteiger partial charge in [0.2, 0.25) is 0 Å². The largest absolute Gasteiger partial charge is 0.492 e. The van der Waals surface area contributed by atoms with Crippen molar-refractivity contribution >= 4 is 0 Å². The summed E-state index contributed by atoms with van der Waals surface area (Å²) in [6.07, 6.45) is 8.04. The van der Waals surface area contributed by atoms with Crippen LogP contribution in [0.3, 0.4) is 0 Å². The first-order chi connectivity index (χ1) is 9.79. The lowest BCUT2D eigenvalue weighted by Crippen LogP contribution is -2.34. The minimum Gasteiger partial charge on any atom is -0.492 e. The van der Waals surface area contributed by atoms with Crippen LogP contribution in [0.15, 0.2) is 24.3 Å². The molecule has 0 saturated heterocycles. The number of nitrogens with one attached hydrogen (secondary N) is 1. The van der Waals surface area contributed by atoms with Crippen molar-refractivity contribution in [2.45, 2.75) is 64.3 Å². The third kappa shape index (κ3) is 4.82. The zero-order valence-electron chi connectivity index (χ0n) is 13.0. The van der Waals surface area contributed by atoms with Gasteiger partial charge in [0.25, 0.3) is 0 Å². The molecule has 2 heteroatoms. The highest BCUT2D eigenvalue weighted by Gasteiger charge is 2.11. The average Bonchev–Trinajstić information content (AvgIpc) is 2.52. The summed E-state index contributed by atoms with van der Waals surface area (Å²) in [6, 6.07) is 9.31. The third-order valence-corrected chi connectivity index (χ3v) is 4.47. The molecule has 1 aliphatic carbocycles. The molecule has 1 saturated carbocycles. The fourth-order valence-corrected chi connectivity index (χ4v) is 2.87. The van der Waals surface area contributed by atoms with Crippen molar-refractivity contribution in [3.63, 3.8) is 0 Å². The number of ether oxygens (including phenoxy) is 1. The Morgan fingerprint density at radius 3 is 2.50 bits per heavy atom. The fraction of sp³-hybridized carbons (Fsp3) is 0.667. The van der Waals surface area contributed by atoms with E-state index in [0.29, 0.717) is 5.92 Å². The average molecular weight is 275 g/mol. The molecule has 1 unspecified atom stereocenters. The molecule has 1 fully saturated rings. The van der Waals surface area contributed by atoms with Gasteiger partial charge < -0.3 is 10.1 Å². The highest BCUT2D eigenvalue weighted by molar-refractivity contribution is 5.29. The van der Waals surface area contributed by atoms with Crippen LogP contribution < -0.4 is 10.1 Å². The number of rotatable bonds is 7. The Kier molecular flexibility index (Phi) is 6.38. The highest BCUT2D eigenvalue weighted by Crippen LogP contribution is 2.21. The lowest BCUT2D eigenvalue weighted by Gasteiger charge is -2.22. The molecule has 0 radical (unpaired) electrons. The van der Waals surface area contributed by atoms with Gasteiger partial charge in [-0.3, -0.25) is 0 Å². The second kappa shape index (κ2) is 8.31. The summed E-state index contributed by atoms with van der Waals surface area (Å²) >= 11 is 0. The van der Waals surface area contributed by atoms with Crippen molar-refractivity contribution in [2.24, 2.45) is 0 Å². The van der Waals surface area contributed by atoms with Crippen LogP contribution in [0.1, 0.15) is 63.9 Å². The van der Waals surface area contributed by atoms with Gasteiger partial charge in [-0.1, -0.05) is 45.2 Å². The molecule has 0 amide bonds. The molecule has 0 bridgehead atoms. The van der Waals surface area contributed by atoms with Crippen LogP contribution in [-0.4, -0.2) is 19.2 Å². The van der Waals surface area contributed by atoms with Gasteiger partial charge in [-0.05, 0) is 42.9 Å². The molecule has 0 spiro atoms. The Morgan fingerprint density at radius 1 is 1.15 bits per heavy atom. The third-order valence-electron chi connectivity index (χ3n) is 4.47. The van der Waals surface area contributed by atoms with E-state index in [1.807, 2.05) is 0 Å². The molecule has 0 aromatic heterocycles. The Balaban J connectivity index is 1.66. The summed E-state index contributed by atoms with van der Waals surface area (Å²) in [5.41, 5.74) is 1.40. The zero-order chi connectivity index (χ0) is 14.2. The molecule has 0 aliphatic heterocycles. The van der Waals surface area contributed by atoms with E-state index in [1.54, 1.807) is 0 Å². The van der Waals surface area contributed by atoms with Crippen LogP contribution in [0.4, 0.5) is 0 Å². The molecular weight excluding hydrogens is 246 g/mol. The molecule has 20 heavy (non-hydrogen) atoms. The van der Waals surface area contributed by atoms with Crippen molar-refractivity contribution in [2.75, 3.05) is 13.2 Å². The maximum Gasteiger partial charge on any atom is 0.119 e. The van der Waals surface area contributed by atoms with Crippen LogP contribution >= 0.6 is 0 Å². The first-order valence-electron chi connectivity index (χ1n) is 8.25. The standard InChI is InChI=1S/C18H29NO/c1-3-15(2)16-9-11-18(12-10-16)20-14-13-19-17-7-5-4-6-8-17/h9-12,15,17,19H,3-8,13-14H2,1-2H3. The molecule has 1 aromatic rings. The topological polar surface area (TPSA) is 21.3 Å². The number of benzene rings is 1. The molecule has 1 aliphatic rings. The van der Waals surface area contributed by atoms with Crippen molar-refractivity contribution in [1.29, 1.82) is 0 Å².